The molecule has 0 saturated carbocycles. The van der Waals surface area contributed by atoms with E-state index < -0.39 is 0 Å². The molecule has 1 fully saturated rings. The second-order valence-electron chi connectivity index (χ2n) is 5.53. The summed E-state index contributed by atoms with van der Waals surface area (Å²) in [5, 5.41) is 3.43. The van der Waals surface area contributed by atoms with Gasteiger partial charge in [0, 0.05) is 43.8 Å². The molecule has 19 heavy (non-hydrogen) atoms. The van der Waals surface area contributed by atoms with E-state index in [1.165, 1.54) is 23.4 Å². The lowest BCUT2D eigenvalue weighted by Crippen LogP contribution is -2.27. The van der Waals surface area contributed by atoms with E-state index in [1.807, 2.05) is 0 Å². The number of rotatable bonds is 4. The summed E-state index contributed by atoms with van der Waals surface area (Å²) in [4.78, 5) is 9.60. The quantitative estimate of drug-likeness (QED) is 0.897. The van der Waals surface area contributed by atoms with E-state index in [1.54, 1.807) is 0 Å². The summed E-state index contributed by atoms with van der Waals surface area (Å²) in [6, 6.07) is 0. The summed E-state index contributed by atoms with van der Waals surface area (Å²) in [6.07, 6.45) is 6.81. The minimum Gasteiger partial charge on any atom is -0.378 e. The first kappa shape index (κ1) is 13.0. The Labute approximate surface area is 115 Å². The van der Waals surface area contributed by atoms with Gasteiger partial charge in [0.1, 0.15) is 5.82 Å². The highest BCUT2D eigenvalue weighted by Crippen LogP contribution is 2.20. The highest BCUT2D eigenvalue weighted by atomic mass is 16.5. The van der Waals surface area contributed by atoms with Crippen molar-refractivity contribution in [1.82, 2.24) is 15.3 Å². The summed E-state index contributed by atoms with van der Waals surface area (Å²) in [6.45, 7) is 5.09. The van der Waals surface area contributed by atoms with Crippen molar-refractivity contribution in [3.05, 3.63) is 22.8 Å². The molecule has 2 aliphatic rings. The zero-order chi connectivity index (χ0) is 13.1. The Kier molecular flexibility index (Phi) is 4.09. The lowest BCUT2D eigenvalue weighted by Gasteiger charge is -2.20. The Balaban J connectivity index is 1.85. The molecule has 0 aromatic carbocycles. The molecule has 1 aromatic heterocycles. The number of nitrogens with zero attached hydrogens (tertiary/aromatic N) is 2. The fourth-order valence-corrected chi connectivity index (χ4v) is 3.01. The molecule has 4 nitrogen and oxygen atoms in total. The fourth-order valence-electron chi connectivity index (χ4n) is 3.01. The first-order valence-electron chi connectivity index (χ1n) is 7.56. The van der Waals surface area contributed by atoms with Crippen molar-refractivity contribution >= 4 is 0 Å². The minimum atomic E-state index is 0.342. The molecule has 0 bridgehead atoms. The molecule has 0 spiro atoms. The monoisotopic (exact) mass is 261 g/mol. The molecule has 104 valence electrons. The Morgan fingerprint density at radius 1 is 1.37 bits per heavy atom. The summed E-state index contributed by atoms with van der Waals surface area (Å²) in [5.74, 6) is 0.996. The second-order valence-corrected chi connectivity index (χ2v) is 5.53. The van der Waals surface area contributed by atoms with E-state index in [2.05, 4.69) is 12.2 Å². The van der Waals surface area contributed by atoms with Crippen molar-refractivity contribution in [2.24, 2.45) is 0 Å². The molecule has 1 N–H and O–H groups in total. The number of hydrogen-bond acceptors (Lipinski definition) is 4. The molecular formula is C15H23N3O. The van der Waals surface area contributed by atoms with Crippen LogP contribution in [0.5, 0.6) is 0 Å². The molecule has 0 aliphatic carbocycles. The van der Waals surface area contributed by atoms with Gasteiger partial charge in [-0.05, 0) is 19.3 Å². The average molecular weight is 261 g/mol. The SMILES string of the molecule is CCCc1nc(CC2CCCO2)nc2c1CNCC2. The van der Waals surface area contributed by atoms with Gasteiger partial charge in [0.2, 0.25) is 0 Å². The van der Waals surface area contributed by atoms with E-state index in [0.717, 1.165) is 57.6 Å². The maximum Gasteiger partial charge on any atom is 0.131 e. The molecule has 3 heterocycles. The minimum absolute atomic E-state index is 0.342. The largest absolute Gasteiger partial charge is 0.378 e. The molecule has 2 aliphatic heterocycles. The van der Waals surface area contributed by atoms with Gasteiger partial charge in [0.05, 0.1) is 11.8 Å². The van der Waals surface area contributed by atoms with E-state index in [9.17, 15) is 0 Å². The van der Waals surface area contributed by atoms with Gasteiger partial charge in [0.15, 0.2) is 0 Å². The van der Waals surface area contributed by atoms with Crippen LogP contribution < -0.4 is 5.32 Å². The van der Waals surface area contributed by atoms with Crippen LogP contribution >= 0.6 is 0 Å². The van der Waals surface area contributed by atoms with E-state index >= 15 is 0 Å². The van der Waals surface area contributed by atoms with Crippen molar-refractivity contribution in [3.8, 4) is 0 Å². The normalized spacial score (nSPS) is 22.5. The maximum absolute atomic E-state index is 5.71. The third-order valence-corrected chi connectivity index (χ3v) is 3.99. The van der Waals surface area contributed by atoms with Crippen LogP contribution in [-0.2, 0) is 30.5 Å². The number of ether oxygens (including phenoxy) is 1. The highest BCUT2D eigenvalue weighted by Gasteiger charge is 2.21. The lowest BCUT2D eigenvalue weighted by atomic mass is 10.0. The first-order chi connectivity index (χ1) is 9.36. The molecule has 0 amide bonds. The molecule has 4 heteroatoms. The van der Waals surface area contributed by atoms with Gasteiger partial charge in [-0.1, -0.05) is 13.3 Å². The van der Waals surface area contributed by atoms with Gasteiger partial charge in [-0.25, -0.2) is 9.97 Å². The molecule has 1 aromatic rings. The third kappa shape index (κ3) is 2.95. The zero-order valence-corrected chi connectivity index (χ0v) is 11.7. The highest BCUT2D eigenvalue weighted by molar-refractivity contribution is 5.28. The third-order valence-electron chi connectivity index (χ3n) is 3.99. The smallest absolute Gasteiger partial charge is 0.131 e. The number of aryl methyl sites for hydroxylation is 1. The number of aromatic nitrogens is 2. The lowest BCUT2D eigenvalue weighted by molar-refractivity contribution is 0.109. The molecule has 1 atom stereocenters. The van der Waals surface area contributed by atoms with Crippen molar-refractivity contribution < 1.29 is 4.74 Å². The number of fused-ring (bicyclic) bond motifs is 1. The van der Waals surface area contributed by atoms with Gasteiger partial charge in [-0.2, -0.15) is 0 Å². The molecule has 0 radical (unpaired) electrons. The average Bonchev–Trinajstić information content (AvgIpc) is 2.92. The van der Waals surface area contributed by atoms with Crippen LogP contribution in [0.3, 0.4) is 0 Å². The van der Waals surface area contributed by atoms with Crippen molar-refractivity contribution in [3.63, 3.8) is 0 Å². The Morgan fingerprint density at radius 3 is 3.11 bits per heavy atom. The predicted octanol–water partition coefficient (Wildman–Crippen LogP) is 1.80. The van der Waals surface area contributed by atoms with E-state index in [0.29, 0.717) is 6.10 Å². The number of hydrogen-bond donors (Lipinski definition) is 1. The Morgan fingerprint density at radius 2 is 2.32 bits per heavy atom. The van der Waals surface area contributed by atoms with Crippen LogP contribution in [0.1, 0.15) is 49.0 Å². The Hall–Kier alpha value is -1.00. The van der Waals surface area contributed by atoms with Crippen LogP contribution in [0.4, 0.5) is 0 Å². The first-order valence-corrected chi connectivity index (χ1v) is 7.56. The van der Waals surface area contributed by atoms with Crippen LogP contribution in [0.2, 0.25) is 0 Å². The van der Waals surface area contributed by atoms with E-state index in [-0.39, 0.29) is 0 Å². The van der Waals surface area contributed by atoms with Gasteiger partial charge in [0.25, 0.3) is 0 Å². The van der Waals surface area contributed by atoms with Gasteiger partial charge >= 0.3 is 0 Å². The Bertz CT molecular complexity index is 441. The summed E-state index contributed by atoms with van der Waals surface area (Å²) >= 11 is 0. The predicted molar refractivity (Wildman–Crippen MR) is 74.1 cm³/mol. The maximum atomic E-state index is 5.71. The topological polar surface area (TPSA) is 47.0 Å². The van der Waals surface area contributed by atoms with Crippen molar-refractivity contribution in [1.29, 1.82) is 0 Å². The molecule has 1 saturated heterocycles. The van der Waals surface area contributed by atoms with Gasteiger partial charge in [-0.3, -0.25) is 0 Å². The zero-order valence-electron chi connectivity index (χ0n) is 11.7. The van der Waals surface area contributed by atoms with Gasteiger partial charge in [-0.15, -0.1) is 0 Å². The van der Waals surface area contributed by atoms with E-state index in [4.69, 9.17) is 14.7 Å². The molecular weight excluding hydrogens is 238 g/mol. The summed E-state index contributed by atoms with van der Waals surface area (Å²) in [7, 11) is 0. The van der Waals surface area contributed by atoms with Crippen molar-refractivity contribution in [2.45, 2.75) is 58.1 Å². The van der Waals surface area contributed by atoms with Gasteiger partial charge < -0.3 is 10.1 Å². The molecule has 3 rings (SSSR count). The second kappa shape index (κ2) is 5.97. The molecule has 1 unspecified atom stereocenters. The fraction of sp³-hybridized carbons (Fsp3) is 0.733. The standard InChI is InChI=1S/C15H23N3O/c1-2-4-13-12-10-16-7-6-14(12)18-15(17-13)9-11-5-3-8-19-11/h11,16H,2-10H2,1H3. The van der Waals surface area contributed by atoms with Crippen LogP contribution in [0.25, 0.3) is 0 Å². The summed E-state index contributed by atoms with van der Waals surface area (Å²) < 4.78 is 5.71. The van der Waals surface area contributed by atoms with Crippen LogP contribution in [0, 0.1) is 0 Å². The van der Waals surface area contributed by atoms with Crippen molar-refractivity contribution in [2.75, 3.05) is 13.2 Å². The summed E-state index contributed by atoms with van der Waals surface area (Å²) in [5.41, 5.74) is 3.88. The van der Waals surface area contributed by atoms with Crippen LogP contribution in [-0.4, -0.2) is 29.2 Å². The number of nitrogens with one attached hydrogen (secondary N) is 1. The van der Waals surface area contributed by atoms with Crippen LogP contribution in [0.15, 0.2) is 0 Å².